The monoisotopic (exact) mass is 794 g/mol. The van der Waals surface area contributed by atoms with Gasteiger partial charge in [-0.05, 0) is 83.5 Å². The van der Waals surface area contributed by atoms with E-state index in [-0.39, 0.29) is 32.6 Å². The van der Waals surface area contributed by atoms with Gasteiger partial charge in [0.2, 0.25) is 0 Å². The standard InChI is InChI=1S/C45H80NO8P/c1-3-5-7-9-11-13-15-17-19-20-21-22-24-25-27-29-31-33-35-37-44(47)51-41-43(42-53-55(49,50)52-40-39-46)54-45(48)38-36-34-32-30-28-26-23-18-16-14-12-10-8-6-4-2/h11,13,17-19,21-23,25,27,43H,3-10,12,14-16,20,24,26,28-42,46H2,1-2H3,(H,49,50)/b13-11-,19-17-,22-21-,23-18-,27-25-/t43-/m1/s1. The predicted octanol–water partition coefficient (Wildman–Crippen LogP) is 12.5. The summed E-state index contributed by atoms with van der Waals surface area (Å²) in [5, 5.41) is 0. The smallest absolute Gasteiger partial charge is 0.462 e. The molecule has 0 aromatic rings. The van der Waals surface area contributed by atoms with Crippen molar-refractivity contribution in [1.82, 2.24) is 0 Å². The number of ether oxygens (including phenoxy) is 2. The van der Waals surface area contributed by atoms with Crippen LogP contribution in [0.3, 0.4) is 0 Å². The highest BCUT2D eigenvalue weighted by atomic mass is 31.2. The van der Waals surface area contributed by atoms with Gasteiger partial charge < -0.3 is 20.1 Å². The maximum absolute atomic E-state index is 12.6. The lowest BCUT2D eigenvalue weighted by atomic mass is 10.1. The van der Waals surface area contributed by atoms with Gasteiger partial charge in [-0.15, -0.1) is 0 Å². The molecule has 3 N–H and O–H groups in total. The number of esters is 2. The zero-order valence-electron chi connectivity index (χ0n) is 34.9. The van der Waals surface area contributed by atoms with Crippen LogP contribution in [0.4, 0.5) is 0 Å². The molecule has 0 heterocycles. The van der Waals surface area contributed by atoms with Crippen molar-refractivity contribution in [3.8, 4) is 0 Å². The van der Waals surface area contributed by atoms with E-state index in [1.54, 1.807) is 0 Å². The molecule has 10 heteroatoms. The number of unbranched alkanes of at least 4 members (excludes halogenated alkanes) is 17. The van der Waals surface area contributed by atoms with Gasteiger partial charge in [0.25, 0.3) is 0 Å². The second-order valence-electron chi connectivity index (χ2n) is 14.2. The Bertz CT molecular complexity index is 1090. The summed E-state index contributed by atoms with van der Waals surface area (Å²) in [7, 11) is -4.39. The van der Waals surface area contributed by atoms with E-state index in [2.05, 4.69) is 74.6 Å². The number of hydrogen-bond acceptors (Lipinski definition) is 8. The minimum atomic E-state index is -4.39. The molecule has 318 valence electrons. The fourth-order valence-electron chi connectivity index (χ4n) is 5.61. The van der Waals surface area contributed by atoms with Crippen LogP contribution in [0, 0.1) is 0 Å². The minimum absolute atomic E-state index is 0.0451. The first-order chi connectivity index (χ1) is 26.8. The van der Waals surface area contributed by atoms with Crippen LogP contribution < -0.4 is 5.73 Å². The molecule has 0 bridgehead atoms. The topological polar surface area (TPSA) is 134 Å². The molecule has 0 aliphatic rings. The van der Waals surface area contributed by atoms with Gasteiger partial charge in [-0.2, -0.15) is 0 Å². The van der Waals surface area contributed by atoms with E-state index in [1.807, 2.05) is 0 Å². The second-order valence-corrected chi connectivity index (χ2v) is 15.7. The van der Waals surface area contributed by atoms with Gasteiger partial charge >= 0.3 is 19.8 Å². The summed E-state index contributed by atoms with van der Waals surface area (Å²) < 4.78 is 32.7. The van der Waals surface area contributed by atoms with E-state index in [0.29, 0.717) is 12.8 Å². The van der Waals surface area contributed by atoms with Crippen LogP contribution in [0.2, 0.25) is 0 Å². The average molecular weight is 794 g/mol. The van der Waals surface area contributed by atoms with Gasteiger partial charge in [0.05, 0.1) is 13.2 Å². The lowest BCUT2D eigenvalue weighted by molar-refractivity contribution is -0.161. The number of carbonyl (C=O) groups is 2. The summed E-state index contributed by atoms with van der Waals surface area (Å²) in [5.74, 6) is -0.877. The normalized spacial score (nSPS) is 13.9. The Hall–Kier alpha value is -2.29. The molecule has 0 saturated heterocycles. The summed E-state index contributed by atoms with van der Waals surface area (Å²) in [6.45, 7) is 3.64. The zero-order valence-corrected chi connectivity index (χ0v) is 35.8. The quantitative estimate of drug-likeness (QED) is 0.0269. The Balaban J connectivity index is 4.24. The Morgan fingerprint density at radius 2 is 0.945 bits per heavy atom. The molecule has 55 heavy (non-hydrogen) atoms. The van der Waals surface area contributed by atoms with Crippen molar-refractivity contribution in [1.29, 1.82) is 0 Å². The van der Waals surface area contributed by atoms with Crippen molar-refractivity contribution in [2.45, 2.75) is 187 Å². The molecule has 0 spiro atoms. The van der Waals surface area contributed by atoms with Gasteiger partial charge in [-0.3, -0.25) is 18.6 Å². The van der Waals surface area contributed by atoms with Crippen LogP contribution in [0.15, 0.2) is 60.8 Å². The van der Waals surface area contributed by atoms with Crippen molar-refractivity contribution in [3.63, 3.8) is 0 Å². The molecule has 1 unspecified atom stereocenters. The van der Waals surface area contributed by atoms with Gasteiger partial charge in [0, 0.05) is 19.4 Å². The fourth-order valence-corrected chi connectivity index (χ4v) is 6.38. The Labute approximate surface area is 336 Å². The summed E-state index contributed by atoms with van der Waals surface area (Å²) >= 11 is 0. The summed E-state index contributed by atoms with van der Waals surface area (Å²) in [6.07, 6.45) is 48.2. The van der Waals surface area contributed by atoms with E-state index in [4.69, 9.17) is 24.3 Å². The van der Waals surface area contributed by atoms with Crippen LogP contribution >= 0.6 is 7.82 Å². The molecular formula is C45H80NO8P. The third kappa shape index (κ3) is 41.2. The molecule has 0 aromatic carbocycles. The Morgan fingerprint density at radius 3 is 1.47 bits per heavy atom. The lowest BCUT2D eigenvalue weighted by Gasteiger charge is -2.19. The van der Waals surface area contributed by atoms with Crippen molar-refractivity contribution in [3.05, 3.63) is 60.8 Å². The number of allylic oxidation sites excluding steroid dienone is 10. The highest BCUT2D eigenvalue weighted by molar-refractivity contribution is 7.47. The molecule has 0 aliphatic carbocycles. The number of nitrogens with two attached hydrogens (primary N) is 1. The molecule has 0 amide bonds. The van der Waals surface area contributed by atoms with Crippen LogP contribution in [-0.2, 0) is 32.7 Å². The van der Waals surface area contributed by atoms with Gasteiger partial charge in [0.1, 0.15) is 6.61 Å². The Kier molecular flexibility index (Phi) is 39.6. The molecule has 0 aliphatic heterocycles. The SMILES string of the molecule is CCCCC/C=C\C/C=C\C/C=C\C/C=C\CCCCCC(=O)OC[C@H](COP(=O)(O)OCCN)OC(=O)CCCCCCC/C=C\CCCCCCCC. The molecule has 0 rings (SSSR count). The zero-order chi connectivity index (χ0) is 40.3. The number of phosphoric acid groups is 1. The highest BCUT2D eigenvalue weighted by Crippen LogP contribution is 2.43. The minimum Gasteiger partial charge on any atom is -0.462 e. The van der Waals surface area contributed by atoms with Crippen molar-refractivity contribution in [2.75, 3.05) is 26.4 Å². The first kappa shape index (κ1) is 52.7. The van der Waals surface area contributed by atoms with Gasteiger partial charge in [-0.25, -0.2) is 4.57 Å². The van der Waals surface area contributed by atoms with Crippen LogP contribution in [-0.4, -0.2) is 49.3 Å². The molecule has 2 atom stereocenters. The van der Waals surface area contributed by atoms with Crippen molar-refractivity contribution < 1.29 is 37.6 Å². The first-order valence-electron chi connectivity index (χ1n) is 21.8. The second kappa shape index (κ2) is 41.3. The maximum atomic E-state index is 12.6. The van der Waals surface area contributed by atoms with Crippen LogP contribution in [0.25, 0.3) is 0 Å². The summed E-state index contributed by atoms with van der Waals surface area (Å²) in [4.78, 5) is 34.9. The van der Waals surface area contributed by atoms with Crippen molar-refractivity contribution in [2.24, 2.45) is 5.73 Å². The summed E-state index contributed by atoms with van der Waals surface area (Å²) in [6, 6.07) is 0. The van der Waals surface area contributed by atoms with E-state index in [1.165, 1.54) is 70.6 Å². The van der Waals surface area contributed by atoms with Crippen LogP contribution in [0.1, 0.15) is 181 Å². The summed E-state index contributed by atoms with van der Waals surface area (Å²) in [5.41, 5.74) is 5.34. The average Bonchev–Trinajstić information content (AvgIpc) is 3.17. The molecule has 0 saturated carbocycles. The number of phosphoric ester groups is 1. The Morgan fingerprint density at radius 1 is 0.545 bits per heavy atom. The largest absolute Gasteiger partial charge is 0.472 e. The third-order valence-corrected chi connectivity index (χ3v) is 9.86. The fraction of sp³-hybridized carbons (Fsp3) is 0.733. The molecule has 9 nitrogen and oxygen atoms in total. The van der Waals surface area contributed by atoms with E-state index in [9.17, 15) is 19.0 Å². The molecular weight excluding hydrogens is 713 g/mol. The van der Waals surface area contributed by atoms with E-state index in [0.717, 1.165) is 70.6 Å². The van der Waals surface area contributed by atoms with Gasteiger partial charge in [0.15, 0.2) is 6.10 Å². The van der Waals surface area contributed by atoms with Crippen molar-refractivity contribution >= 4 is 19.8 Å². The molecule has 0 aromatic heterocycles. The molecule has 0 fully saturated rings. The highest BCUT2D eigenvalue weighted by Gasteiger charge is 2.26. The first-order valence-corrected chi connectivity index (χ1v) is 23.3. The van der Waals surface area contributed by atoms with Crippen LogP contribution in [0.5, 0.6) is 0 Å². The number of hydrogen-bond donors (Lipinski definition) is 2. The van der Waals surface area contributed by atoms with E-state index < -0.39 is 32.5 Å². The predicted molar refractivity (Wildman–Crippen MR) is 229 cm³/mol. The maximum Gasteiger partial charge on any atom is 0.472 e. The molecule has 0 radical (unpaired) electrons. The van der Waals surface area contributed by atoms with Gasteiger partial charge in [-0.1, -0.05) is 145 Å². The third-order valence-electron chi connectivity index (χ3n) is 8.88. The van der Waals surface area contributed by atoms with E-state index >= 15 is 0 Å². The number of carbonyl (C=O) groups excluding carboxylic acids is 2. The lowest BCUT2D eigenvalue weighted by Crippen LogP contribution is -2.29. The number of rotatable bonds is 40.